The number of hydrogen-bond donors (Lipinski definition) is 1. The fourth-order valence-corrected chi connectivity index (χ4v) is 2.05. The normalized spacial score (nSPS) is 15.6. The summed E-state index contributed by atoms with van der Waals surface area (Å²) >= 11 is 0. The van der Waals surface area contributed by atoms with Crippen LogP contribution in [0.3, 0.4) is 0 Å². The van der Waals surface area contributed by atoms with Gasteiger partial charge >= 0.3 is 0 Å². The fourth-order valence-electron chi connectivity index (χ4n) is 2.05. The zero-order valence-electron chi connectivity index (χ0n) is 8.91. The van der Waals surface area contributed by atoms with Gasteiger partial charge < -0.3 is 5.73 Å². The van der Waals surface area contributed by atoms with Crippen molar-refractivity contribution in [1.29, 1.82) is 0 Å². The van der Waals surface area contributed by atoms with Gasteiger partial charge in [-0.3, -0.25) is 4.98 Å². The summed E-state index contributed by atoms with van der Waals surface area (Å²) < 4.78 is 13.2. The molecule has 1 heterocycles. The minimum Gasteiger partial charge on any atom is -0.326 e. The molecule has 2 aromatic rings. The third-order valence-electron chi connectivity index (χ3n) is 3.09. The van der Waals surface area contributed by atoms with E-state index in [2.05, 4.69) is 4.98 Å². The lowest BCUT2D eigenvalue weighted by Crippen LogP contribution is -2.01. The zero-order chi connectivity index (χ0) is 11.1. The second kappa shape index (κ2) is 3.52. The largest absolute Gasteiger partial charge is 0.326 e. The molecule has 1 aliphatic rings. The molecule has 3 rings (SSSR count). The van der Waals surface area contributed by atoms with E-state index in [1.807, 2.05) is 6.07 Å². The number of nitrogens with zero attached hydrogens (tertiary/aromatic N) is 1. The summed E-state index contributed by atoms with van der Waals surface area (Å²) in [6.45, 7) is 0.433. The molecular formula is C13H13FN2. The van der Waals surface area contributed by atoms with Crippen LogP contribution in [0.5, 0.6) is 0 Å². The van der Waals surface area contributed by atoms with Crippen molar-refractivity contribution >= 4 is 10.9 Å². The quantitative estimate of drug-likeness (QED) is 0.838. The molecule has 3 heteroatoms. The Bertz CT molecular complexity index is 547. The first-order chi connectivity index (χ1) is 7.78. The third-order valence-corrected chi connectivity index (χ3v) is 3.09. The second-order valence-corrected chi connectivity index (χ2v) is 4.35. The van der Waals surface area contributed by atoms with Gasteiger partial charge in [0.05, 0.1) is 5.52 Å². The van der Waals surface area contributed by atoms with Gasteiger partial charge in [0.2, 0.25) is 0 Å². The van der Waals surface area contributed by atoms with E-state index in [4.69, 9.17) is 5.73 Å². The predicted octanol–water partition coefficient (Wildman–Crippen LogP) is 2.71. The molecule has 82 valence electrons. The van der Waals surface area contributed by atoms with Crippen molar-refractivity contribution in [2.45, 2.75) is 25.3 Å². The van der Waals surface area contributed by atoms with E-state index < -0.39 is 0 Å². The van der Waals surface area contributed by atoms with Crippen molar-refractivity contribution in [3.8, 4) is 0 Å². The Morgan fingerprint density at radius 2 is 2.12 bits per heavy atom. The molecule has 0 bridgehead atoms. The van der Waals surface area contributed by atoms with Crippen LogP contribution in [0.25, 0.3) is 10.9 Å². The van der Waals surface area contributed by atoms with Gasteiger partial charge in [0.15, 0.2) is 0 Å². The van der Waals surface area contributed by atoms with E-state index in [0.717, 1.165) is 22.2 Å². The van der Waals surface area contributed by atoms with E-state index in [1.165, 1.54) is 25.0 Å². The Kier molecular flexibility index (Phi) is 2.14. The number of nitrogens with two attached hydrogens (primary N) is 1. The number of rotatable bonds is 2. The number of halogens is 1. The lowest BCUT2D eigenvalue weighted by atomic mass is 10.1. The molecular weight excluding hydrogens is 203 g/mol. The van der Waals surface area contributed by atoms with Crippen molar-refractivity contribution in [1.82, 2.24) is 4.98 Å². The molecule has 0 aliphatic heterocycles. The molecule has 0 saturated heterocycles. The maximum atomic E-state index is 13.2. The predicted molar refractivity (Wildman–Crippen MR) is 61.6 cm³/mol. The molecule has 2 N–H and O–H groups in total. The maximum Gasteiger partial charge on any atom is 0.123 e. The number of hydrogen-bond acceptors (Lipinski definition) is 2. The molecule has 0 spiro atoms. The summed E-state index contributed by atoms with van der Waals surface area (Å²) in [5, 5.41) is 0.840. The average Bonchev–Trinajstić information content (AvgIpc) is 3.11. The van der Waals surface area contributed by atoms with Gasteiger partial charge in [0.25, 0.3) is 0 Å². The second-order valence-electron chi connectivity index (χ2n) is 4.35. The highest BCUT2D eigenvalue weighted by Crippen LogP contribution is 2.40. The van der Waals surface area contributed by atoms with Crippen LogP contribution in [0.15, 0.2) is 24.3 Å². The summed E-state index contributed by atoms with van der Waals surface area (Å²) in [5.74, 6) is 0.364. The van der Waals surface area contributed by atoms with E-state index in [0.29, 0.717) is 12.5 Å². The standard InChI is InChI=1S/C13H13FN2/c14-10-3-4-12-11(6-10)9(7-15)5-13(16-12)8-1-2-8/h3-6,8H,1-2,7,15H2. The SMILES string of the molecule is NCc1cc(C2CC2)nc2ccc(F)cc12. The van der Waals surface area contributed by atoms with Crippen molar-refractivity contribution in [2.24, 2.45) is 5.73 Å². The lowest BCUT2D eigenvalue weighted by Gasteiger charge is -2.07. The number of benzene rings is 1. The molecule has 1 fully saturated rings. The van der Waals surface area contributed by atoms with Crippen LogP contribution >= 0.6 is 0 Å². The third kappa shape index (κ3) is 1.57. The van der Waals surface area contributed by atoms with Gasteiger partial charge in [0, 0.05) is 23.5 Å². The molecule has 16 heavy (non-hydrogen) atoms. The summed E-state index contributed by atoms with van der Waals surface area (Å²) in [6, 6.07) is 6.72. The Morgan fingerprint density at radius 1 is 1.31 bits per heavy atom. The van der Waals surface area contributed by atoms with Crippen molar-refractivity contribution in [2.75, 3.05) is 0 Å². The van der Waals surface area contributed by atoms with Crippen LogP contribution < -0.4 is 5.73 Å². The molecule has 1 aromatic carbocycles. The smallest absolute Gasteiger partial charge is 0.123 e. The summed E-state index contributed by atoms with van der Waals surface area (Å²) in [4.78, 5) is 4.56. The number of pyridine rings is 1. The fraction of sp³-hybridized carbons (Fsp3) is 0.308. The van der Waals surface area contributed by atoms with E-state index in [9.17, 15) is 4.39 Å². The maximum absolute atomic E-state index is 13.2. The van der Waals surface area contributed by atoms with Gasteiger partial charge in [-0.2, -0.15) is 0 Å². The topological polar surface area (TPSA) is 38.9 Å². The first-order valence-corrected chi connectivity index (χ1v) is 5.57. The molecule has 1 saturated carbocycles. The molecule has 0 amide bonds. The van der Waals surface area contributed by atoms with Gasteiger partial charge in [-0.25, -0.2) is 4.39 Å². The van der Waals surface area contributed by atoms with Gasteiger partial charge in [-0.1, -0.05) is 0 Å². The Morgan fingerprint density at radius 3 is 2.81 bits per heavy atom. The minimum atomic E-state index is -0.233. The highest BCUT2D eigenvalue weighted by Gasteiger charge is 2.25. The van der Waals surface area contributed by atoms with E-state index in [1.54, 1.807) is 6.07 Å². The molecule has 0 atom stereocenters. The Labute approximate surface area is 93.3 Å². The van der Waals surface area contributed by atoms with Crippen LogP contribution in [-0.4, -0.2) is 4.98 Å². The number of aromatic nitrogens is 1. The van der Waals surface area contributed by atoms with E-state index in [-0.39, 0.29) is 5.82 Å². The van der Waals surface area contributed by atoms with Gasteiger partial charge in [-0.15, -0.1) is 0 Å². The van der Waals surface area contributed by atoms with Crippen molar-refractivity contribution in [3.05, 3.63) is 41.3 Å². The zero-order valence-corrected chi connectivity index (χ0v) is 8.91. The van der Waals surface area contributed by atoms with Crippen LogP contribution in [-0.2, 0) is 6.54 Å². The van der Waals surface area contributed by atoms with Crippen LogP contribution in [0.2, 0.25) is 0 Å². The van der Waals surface area contributed by atoms with E-state index >= 15 is 0 Å². The van der Waals surface area contributed by atoms with Crippen LogP contribution in [0.1, 0.15) is 30.0 Å². The van der Waals surface area contributed by atoms with Crippen LogP contribution in [0, 0.1) is 5.82 Å². The monoisotopic (exact) mass is 216 g/mol. The highest BCUT2D eigenvalue weighted by atomic mass is 19.1. The van der Waals surface area contributed by atoms with Gasteiger partial charge in [0.1, 0.15) is 5.82 Å². The van der Waals surface area contributed by atoms with Crippen LogP contribution in [0.4, 0.5) is 4.39 Å². The lowest BCUT2D eigenvalue weighted by molar-refractivity contribution is 0.629. The molecule has 1 aliphatic carbocycles. The van der Waals surface area contributed by atoms with Gasteiger partial charge in [-0.05, 0) is 42.7 Å². The number of fused-ring (bicyclic) bond motifs is 1. The average molecular weight is 216 g/mol. The summed E-state index contributed by atoms with van der Waals surface area (Å²) in [6.07, 6.45) is 2.42. The first-order valence-electron chi connectivity index (χ1n) is 5.57. The Hall–Kier alpha value is -1.48. The summed E-state index contributed by atoms with van der Waals surface area (Å²) in [7, 11) is 0. The highest BCUT2D eigenvalue weighted by molar-refractivity contribution is 5.82. The molecule has 1 aromatic heterocycles. The Balaban J connectivity index is 2.25. The summed E-state index contributed by atoms with van der Waals surface area (Å²) in [5.41, 5.74) is 8.66. The molecule has 2 nitrogen and oxygen atoms in total. The first kappa shape index (κ1) is 9.73. The van der Waals surface area contributed by atoms with Crippen molar-refractivity contribution < 1.29 is 4.39 Å². The minimum absolute atomic E-state index is 0.233. The molecule has 0 unspecified atom stereocenters. The molecule has 0 radical (unpaired) electrons. The van der Waals surface area contributed by atoms with Crippen molar-refractivity contribution in [3.63, 3.8) is 0 Å².